The fraction of sp³-hybridized carbons (Fsp3) is 0.400. The van der Waals surface area contributed by atoms with Crippen molar-refractivity contribution < 1.29 is 0 Å². The second kappa shape index (κ2) is 2.89. The van der Waals surface area contributed by atoms with Crippen molar-refractivity contribution in [1.82, 2.24) is 5.32 Å². The van der Waals surface area contributed by atoms with Crippen LogP contribution in [0.5, 0.6) is 0 Å². The van der Waals surface area contributed by atoms with Crippen LogP contribution in [0.2, 0.25) is 0 Å². The maximum atomic E-state index is 9.93. The molecule has 0 aromatic rings. The SMILES string of the molecule is N=C=C(N=O)C1=NCCN1. The molecule has 0 aliphatic carbocycles. The van der Waals surface area contributed by atoms with E-state index in [0.29, 0.717) is 18.9 Å². The van der Waals surface area contributed by atoms with Gasteiger partial charge in [0.25, 0.3) is 0 Å². The molecule has 0 aromatic carbocycles. The lowest BCUT2D eigenvalue weighted by Gasteiger charge is -1.92. The maximum absolute atomic E-state index is 9.93. The van der Waals surface area contributed by atoms with Crippen molar-refractivity contribution in [2.45, 2.75) is 0 Å². The molecule has 1 aliphatic heterocycles. The summed E-state index contributed by atoms with van der Waals surface area (Å²) in [7, 11) is 0. The highest BCUT2D eigenvalue weighted by Crippen LogP contribution is 1.96. The van der Waals surface area contributed by atoms with Gasteiger partial charge in [-0.25, -0.2) is 0 Å². The Kier molecular flexibility index (Phi) is 1.92. The van der Waals surface area contributed by atoms with Crippen LogP contribution in [-0.2, 0) is 0 Å². The molecule has 0 saturated carbocycles. The Hall–Kier alpha value is -1.48. The van der Waals surface area contributed by atoms with Crippen molar-refractivity contribution in [2.24, 2.45) is 10.2 Å². The summed E-state index contributed by atoms with van der Waals surface area (Å²) in [6.45, 7) is 1.34. The number of nitroso groups, excluding NO2 is 1. The molecule has 0 saturated heterocycles. The van der Waals surface area contributed by atoms with E-state index in [9.17, 15) is 4.91 Å². The molecule has 0 unspecified atom stereocenters. The van der Waals surface area contributed by atoms with Gasteiger partial charge in [0.15, 0.2) is 5.84 Å². The predicted molar refractivity (Wildman–Crippen MR) is 37.3 cm³/mol. The number of amidine groups is 1. The molecule has 5 nitrogen and oxygen atoms in total. The van der Waals surface area contributed by atoms with Gasteiger partial charge in [0.05, 0.1) is 6.54 Å². The molecule has 0 spiro atoms. The first-order valence-corrected chi connectivity index (χ1v) is 2.80. The third-order valence-electron chi connectivity index (χ3n) is 1.11. The maximum Gasteiger partial charge on any atom is 0.210 e. The molecular formula is C5H6N4O. The molecule has 2 N–H and O–H groups in total. The van der Waals surface area contributed by atoms with Gasteiger partial charge >= 0.3 is 0 Å². The quantitative estimate of drug-likeness (QED) is 0.412. The van der Waals surface area contributed by atoms with E-state index in [1.54, 1.807) is 0 Å². The van der Waals surface area contributed by atoms with Crippen LogP contribution in [0.4, 0.5) is 0 Å². The summed E-state index contributed by atoms with van der Waals surface area (Å²) in [4.78, 5) is 13.8. The Morgan fingerprint density at radius 1 is 1.90 bits per heavy atom. The van der Waals surface area contributed by atoms with E-state index in [4.69, 9.17) is 5.41 Å². The molecule has 10 heavy (non-hydrogen) atoms. The second-order valence-electron chi connectivity index (χ2n) is 1.72. The zero-order chi connectivity index (χ0) is 7.40. The summed E-state index contributed by atoms with van der Waals surface area (Å²) in [6.07, 6.45) is 0. The van der Waals surface area contributed by atoms with E-state index in [2.05, 4.69) is 15.5 Å². The van der Waals surface area contributed by atoms with Crippen LogP contribution in [0, 0.1) is 10.3 Å². The highest BCUT2D eigenvalue weighted by molar-refractivity contribution is 6.05. The molecule has 0 amide bonds. The average molecular weight is 138 g/mol. The Bertz CT molecular complexity index is 226. The number of nitrogens with zero attached hydrogens (tertiary/aromatic N) is 2. The Morgan fingerprint density at radius 2 is 2.70 bits per heavy atom. The van der Waals surface area contributed by atoms with E-state index < -0.39 is 0 Å². The minimum atomic E-state index is -0.0579. The van der Waals surface area contributed by atoms with Gasteiger partial charge in [0.1, 0.15) is 0 Å². The number of rotatable bonds is 2. The van der Waals surface area contributed by atoms with Gasteiger partial charge in [-0.3, -0.25) is 10.4 Å². The molecule has 0 fully saturated rings. The third-order valence-corrected chi connectivity index (χ3v) is 1.11. The van der Waals surface area contributed by atoms with E-state index in [-0.39, 0.29) is 5.70 Å². The van der Waals surface area contributed by atoms with Crippen molar-refractivity contribution >= 4 is 11.7 Å². The molecule has 1 rings (SSSR count). The molecule has 1 heterocycles. The van der Waals surface area contributed by atoms with Crippen LogP contribution >= 0.6 is 0 Å². The number of nitrogens with one attached hydrogen (secondary N) is 2. The van der Waals surface area contributed by atoms with Crippen molar-refractivity contribution in [1.29, 1.82) is 5.41 Å². The molecule has 0 aromatic heterocycles. The lowest BCUT2D eigenvalue weighted by Crippen LogP contribution is -2.19. The van der Waals surface area contributed by atoms with Crippen LogP contribution in [0.25, 0.3) is 0 Å². The highest BCUT2D eigenvalue weighted by Gasteiger charge is 2.10. The molecular weight excluding hydrogens is 132 g/mol. The first-order chi connectivity index (χ1) is 4.88. The normalized spacial score (nSPS) is 15.0. The van der Waals surface area contributed by atoms with E-state index in [1.165, 1.54) is 0 Å². The standard InChI is InChI=1S/C5H6N4O/c6-3-4(9-10)5-7-1-2-8-5/h6H,1-2H2,(H,7,8). The Morgan fingerprint density at radius 3 is 3.10 bits per heavy atom. The van der Waals surface area contributed by atoms with Crippen molar-refractivity contribution in [3.63, 3.8) is 0 Å². The van der Waals surface area contributed by atoms with Gasteiger partial charge in [0.2, 0.25) is 5.70 Å². The van der Waals surface area contributed by atoms with Crippen LogP contribution in [-0.4, -0.2) is 24.8 Å². The van der Waals surface area contributed by atoms with Gasteiger partial charge in [-0.15, -0.1) is 4.91 Å². The summed E-state index contributed by atoms with van der Waals surface area (Å²) < 4.78 is 0. The zero-order valence-corrected chi connectivity index (χ0v) is 5.22. The van der Waals surface area contributed by atoms with Gasteiger partial charge < -0.3 is 5.32 Å². The lowest BCUT2D eigenvalue weighted by molar-refractivity contribution is 0.959. The van der Waals surface area contributed by atoms with Crippen LogP contribution in [0.15, 0.2) is 15.9 Å². The first kappa shape index (κ1) is 6.64. The van der Waals surface area contributed by atoms with Crippen LogP contribution in [0.3, 0.4) is 0 Å². The second-order valence-corrected chi connectivity index (χ2v) is 1.72. The predicted octanol–water partition coefficient (Wildman–Crippen LogP) is -0.113. The van der Waals surface area contributed by atoms with E-state index in [1.807, 2.05) is 5.87 Å². The van der Waals surface area contributed by atoms with E-state index >= 15 is 0 Å². The minimum absolute atomic E-state index is 0.0579. The van der Waals surface area contributed by atoms with Gasteiger partial charge in [-0.1, -0.05) is 0 Å². The van der Waals surface area contributed by atoms with Gasteiger partial charge in [0, 0.05) is 12.4 Å². The lowest BCUT2D eigenvalue weighted by atomic mass is 10.4. The molecule has 0 atom stereocenters. The van der Waals surface area contributed by atoms with Crippen LogP contribution < -0.4 is 5.32 Å². The zero-order valence-electron chi connectivity index (χ0n) is 5.22. The smallest absolute Gasteiger partial charge is 0.210 e. The summed E-state index contributed by atoms with van der Waals surface area (Å²) >= 11 is 0. The Labute approximate surface area is 57.3 Å². The van der Waals surface area contributed by atoms with Gasteiger partial charge in [-0.2, -0.15) is 0 Å². The summed E-state index contributed by atoms with van der Waals surface area (Å²) in [6, 6.07) is 0. The average Bonchev–Trinajstić information content (AvgIpc) is 2.43. The monoisotopic (exact) mass is 138 g/mol. The summed E-state index contributed by atoms with van der Waals surface area (Å²) in [5.41, 5.74) is -0.0579. The third kappa shape index (κ3) is 1.09. The highest BCUT2D eigenvalue weighted by atomic mass is 16.3. The first-order valence-electron chi connectivity index (χ1n) is 2.80. The number of aliphatic imine (C=N–C) groups is 1. The fourth-order valence-electron chi connectivity index (χ4n) is 0.682. The molecule has 52 valence electrons. The summed E-state index contributed by atoms with van der Waals surface area (Å²) in [5.74, 6) is 2.27. The van der Waals surface area contributed by atoms with Crippen molar-refractivity contribution in [3.05, 3.63) is 10.6 Å². The molecule has 0 bridgehead atoms. The topological polar surface area (TPSA) is 77.7 Å². The number of hydrogen-bond acceptors (Lipinski definition) is 5. The summed E-state index contributed by atoms with van der Waals surface area (Å²) in [5, 5.41) is 12.0. The van der Waals surface area contributed by atoms with Crippen molar-refractivity contribution in [2.75, 3.05) is 13.1 Å². The molecule has 5 heteroatoms. The molecule has 1 aliphatic rings. The Balaban J connectivity index is 2.81. The minimum Gasteiger partial charge on any atom is -0.366 e. The van der Waals surface area contributed by atoms with Gasteiger partial charge in [-0.05, 0) is 5.18 Å². The van der Waals surface area contributed by atoms with Crippen LogP contribution in [0.1, 0.15) is 0 Å². The fourth-order valence-corrected chi connectivity index (χ4v) is 0.682. The van der Waals surface area contributed by atoms with Crippen molar-refractivity contribution in [3.8, 4) is 0 Å². The largest absolute Gasteiger partial charge is 0.366 e. The number of hydrogen-bond donors (Lipinski definition) is 2. The van der Waals surface area contributed by atoms with E-state index in [0.717, 1.165) is 0 Å². The molecule has 0 radical (unpaired) electrons.